The standard InChI is InChI=1S/C24H28N8O2/c1-2-21(31-19-14-34-15-20(19)33)27-9-4-10-28-22-13-29-23(25)24(32-22)30-12-16-6-7-18-17(11-16)5-3-8-26-18/h2-9,11,13,19-20,33H,1,10,12,14-15H2,(H2,25,29)(H,27,31)(H2,28,30,32)/b9-4-. The van der Waals surface area contributed by atoms with E-state index < -0.39 is 6.10 Å². The molecule has 0 amide bonds. The average molecular weight is 461 g/mol. The van der Waals surface area contributed by atoms with Crippen molar-refractivity contribution < 1.29 is 9.84 Å². The van der Waals surface area contributed by atoms with Gasteiger partial charge in [0, 0.05) is 30.9 Å². The summed E-state index contributed by atoms with van der Waals surface area (Å²) in [7, 11) is 0. The lowest BCUT2D eigenvalue weighted by Gasteiger charge is -2.11. The van der Waals surface area contributed by atoms with E-state index in [1.807, 2.05) is 30.3 Å². The van der Waals surface area contributed by atoms with Crippen LogP contribution < -0.4 is 21.7 Å². The Kier molecular flexibility index (Phi) is 7.63. The lowest BCUT2D eigenvalue weighted by molar-refractivity contribution is 0.125. The molecule has 2 aromatic heterocycles. The number of benzene rings is 1. The van der Waals surface area contributed by atoms with Gasteiger partial charge in [0.1, 0.15) is 23.8 Å². The van der Waals surface area contributed by atoms with Crippen molar-refractivity contribution in [3.8, 4) is 0 Å². The number of aliphatic hydroxyl groups excluding tert-OH is 1. The summed E-state index contributed by atoms with van der Waals surface area (Å²) in [6, 6.07) is 9.76. The summed E-state index contributed by atoms with van der Waals surface area (Å²) >= 11 is 0. The van der Waals surface area contributed by atoms with E-state index in [1.54, 1.807) is 24.7 Å². The molecule has 0 radical (unpaired) electrons. The summed E-state index contributed by atoms with van der Waals surface area (Å²) in [6.07, 6.45) is 7.99. The molecule has 34 heavy (non-hydrogen) atoms. The number of nitrogens with zero attached hydrogens (tertiary/aromatic N) is 4. The molecule has 2 atom stereocenters. The molecule has 4 rings (SSSR count). The molecule has 3 aromatic rings. The van der Waals surface area contributed by atoms with Gasteiger partial charge in [0.15, 0.2) is 11.6 Å². The number of nitrogens with two attached hydrogens (primary N) is 1. The van der Waals surface area contributed by atoms with Gasteiger partial charge < -0.3 is 31.5 Å². The third-order valence-corrected chi connectivity index (χ3v) is 5.20. The van der Waals surface area contributed by atoms with E-state index in [9.17, 15) is 5.11 Å². The smallest absolute Gasteiger partial charge is 0.171 e. The summed E-state index contributed by atoms with van der Waals surface area (Å²) in [5, 5.41) is 20.4. The predicted octanol–water partition coefficient (Wildman–Crippen LogP) is 2.08. The zero-order valence-electron chi connectivity index (χ0n) is 18.7. The third kappa shape index (κ3) is 6.06. The van der Waals surface area contributed by atoms with Crippen molar-refractivity contribution in [2.24, 2.45) is 4.99 Å². The first-order valence-corrected chi connectivity index (χ1v) is 10.9. The number of nitrogens with one attached hydrogen (secondary N) is 3. The summed E-state index contributed by atoms with van der Waals surface area (Å²) in [5.41, 5.74) is 8.04. The fourth-order valence-corrected chi connectivity index (χ4v) is 3.38. The summed E-state index contributed by atoms with van der Waals surface area (Å²) in [6.45, 7) is 5.50. The number of rotatable bonds is 9. The molecule has 0 aliphatic carbocycles. The number of amidine groups is 1. The quantitative estimate of drug-likeness (QED) is 0.239. The Hall–Kier alpha value is -4.02. The Morgan fingerprint density at radius 2 is 2.18 bits per heavy atom. The van der Waals surface area contributed by atoms with Crippen molar-refractivity contribution in [1.82, 2.24) is 20.3 Å². The molecular formula is C24H28N8O2. The molecule has 10 heteroatoms. The highest BCUT2D eigenvalue weighted by atomic mass is 16.5. The van der Waals surface area contributed by atoms with Gasteiger partial charge in [-0.2, -0.15) is 0 Å². The van der Waals surface area contributed by atoms with Crippen molar-refractivity contribution in [3.05, 3.63) is 73.2 Å². The Balaban J connectivity index is 1.29. The largest absolute Gasteiger partial charge is 0.388 e. The molecule has 1 aromatic carbocycles. The predicted molar refractivity (Wildman–Crippen MR) is 135 cm³/mol. The molecule has 2 unspecified atom stereocenters. The van der Waals surface area contributed by atoms with Gasteiger partial charge in [-0.15, -0.1) is 0 Å². The van der Waals surface area contributed by atoms with E-state index >= 15 is 0 Å². The van der Waals surface area contributed by atoms with Gasteiger partial charge in [0.05, 0.1) is 24.9 Å². The minimum absolute atomic E-state index is 0.283. The minimum atomic E-state index is -0.590. The van der Waals surface area contributed by atoms with E-state index in [0.717, 1.165) is 16.5 Å². The van der Waals surface area contributed by atoms with E-state index in [2.05, 4.69) is 48.5 Å². The number of fused-ring (bicyclic) bond motifs is 1. The SMILES string of the molecule is C=CC(=NC1COCC1O)N/C=C\CNc1cnc(N)c(NCc2ccc3ncccc3c2)n1. The van der Waals surface area contributed by atoms with Gasteiger partial charge in [0.2, 0.25) is 0 Å². The van der Waals surface area contributed by atoms with E-state index in [-0.39, 0.29) is 6.04 Å². The number of aromatic nitrogens is 3. The van der Waals surface area contributed by atoms with Crippen molar-refractivity contribution in [3.63, 3.8) is 0 Å². The van der Waals surface area contributed by atoms with Crippen molar-refractivity contribution in [2.75, 3.05) is 36.1 Å². The van der Waals surface area contributed by atoms with E-state index in [1.165, 1.54) is 0 Å². The highest BCUT2D eigenvalue weighted by molar-refractivity contribution is 5.93. The van der Waals surface area contributed by atoms with Crippen LogP contribution in [0.1, 0.15) is 5.56 Å². The third-order valence-electron chi connectivity index (χ3n) is 5.20. The molecule has 6 N–H and O–H groups in total. The van der Waals surface area contributed by atoms with Crippen LogP contribution in [-0.4, -0.2) is 57.8 Å². The second-order valence-corrected chi connectivity index (χ2v) is 7.69. The molecule has 10 nitrogen and oxygen atoms in total. The summed E-state index contributed by atoms with van der Waals surface area (Å²) < 4.78 is 5.21. The Bertz CT molecular complexity index is 1200. The van der Waals surface area contributed by atoms with Crippen molar-refractivity contribution in [2.45, 2.75) is 18.7 Å². The van der Waals surface area contributed by atoms with Crippen LogP contribution >= 0.6 is 0 Å². The van der Waals surface area contributed by atoms with Gasteiger partial charge >= 0.3 is 0 Å². The van der Waals surface area contributed by atoms with E-state index in [4.69, 9.17) is 10.5 Å². The van der Waals surface area contributed by atoms with Crippen LogP contribution in [0.2, 0.25) is 0 Å². The van der Waals surface area contributed by atoms with Gasteiger partial charge in [-0.25, -0.2) is 9.97 Å². The molecule has 1 aliphatic heterocycles. The molecule has 1 fully saturated rings. The fraction of sp³-hybridized carbons (Fsp3) is 0.250. The van der Waals surface area contributed by atoms with Gasteiger partial charge in [-0.05, 0) is 35.9 Å². The first kappa shape index (κ1) is 23.1. The number of nitrogen functional groups attached to an aromatic ring is 1. The molecule has 0 saturated carbocycles. The molecule has 0 spiro atoms. The first-order chi connectivity index (χ1) is 16.6. The first-order valence-electron chi connectivity index (χ1n) is 10.9. The van der Waals surface area contributed by atoms with Crippen molar-refractivity contribution >= 4 is 34.2 Å². The maximum Gasteiger partial charge on any atom is 0.171 e. The number of aliphatic hydroxyl groups is 1. The lowest BCUT2D eigenvalue weighted by Crippen LogP contribution is -2.26. The summed E-state index contributed by atoms with van der Waals surface area (Å²) in [4.78, 5) is 17.5. The Morgan fingerprint density at radius 1 is 1.26 bits per heavy atom. The monoisotopic (exact) mass is 460 g/mol. The zero-order valence-corrected chi connectivity index (χ0v) is 18.7. The zero-order chi connectivity index (χ0) is 23.8. The van der Waals surface area contributed by atoms with Gasteiger partial charge in [-0.1, -0.05) is 18.7 Å². The number of aliphatic imine (C=N–C) groups is 1. The van der Waals surface area contributed by atoms with Gasteiger partial charge in [0.25, 0.3) is 0 Å². The fourth-order valence-electron chi connectivity index (χ4n) is 3.38. The van der Waals surface area contributed by atoms with Crippen LogP contribution in [0.15, 0.2) is 72.6 Å². The van der Waals surface area contributed by atoms with Crippen molar-refractivity contribution in [1.29, 1.82) is 0 Å². The lowest BCUT2D eigenvalue weighted by atomic mass is 10.1. The molecular weight excluding hydrogens is 432 g/mol. The Labute approximate surface area is 197 Å². The van der Waals surface area contributed by atoms with Gasteiger partial charge in [-0.3, -0.25) is 9.98 Å². The van der Waals surface area contributed by atoms with Crippen LogP contribution in [-0.2, 0) is 11.3 Å². The van der Waals surface area contributed by atoms with Crippen LogP contribution in [0.4, 0.5) is 17.5 Å². The summed E-state index contributed by atoms with van der Waals surface area (Å²) in [5.74, 6) is 1.99. The van der Waals surface area contributed by atoms with Crippen LogP contribution in [0.3, 0.4) is 0 Å². The maximum absolute atomic E-state index is 9.80. The Morgan fingerprint density at radius 3 is 3.00 bits per heavy atom. The van der Waals surface area contributed by atoms with Crippen LogP contribution in [0, 0.1) is 0 Å². The van der Waals surface area contributed by atoms with E-state index in [0.29, 0.717) is 49.6 Å². The molecule has 3 heterocycles. The molecule has 1 saturated heterocycles. The second kappa shape index (κ2) is 11.2. The van der Waals surface area contributed by atoms with Crippen LogP contribution in [0.5, 0.6) is 0 Å². The number of pyridine rings is 1. The number of ether oxygens (including phenoxy) is 1. The highest BCUT2D eigenvalue weighted by Crippen LogP contribution is 2.18. The average Bonchev–Trinajstić information content (AvgIpc) is 3.27. The molecule has 1 aliphatic rings. The number of hydrogen-bond acceptors (Lipinski definition) is 9. The maximum atomic E-state index is 9.80. The molecule has 176 valence electrons. The van der Waals surface area contributed by atoms with Crippen LogP contribution in [0.25, 0.3) is 10.9 Å². The second-order valence-electron chi connectivity index (χ2n) is 7.69. The topological polar surface area (TPSA) is 143 Å². The normalized spacial score (nSPS) is 18.3. The minimum Gasteiger partial charge on any atom is -0.388 e. The molecule has 0 bridgehead atoms. The highest BCUT2D eigenvalue weighted by Gasteiger charge is 2.25. The number of anilines is 3. The number of hydrogen-bond donors (Lipinski definition) is 5.